The molecule has 188 valence electrons. The third-order valence-electron chi connectivity index (χ3n) is 7.31. The lowest BCUT2D eigenvalue weighted by atomic mass is 9.88. The Labute approximate surface area is 218 Å². The Balaban J connectivity index is 1.90. The number of nitrogens with two attached hydrogens (primary N) is 1. The number of fused-ring (bicyclic) bond motifs is 1. The molecule has 0 bridgehead atoms. The maximum Gasteiger partial charge on any atom is 0.136 e. The summed E-state index contributed by atoms with van der Waals surface area (Å²) in [5.74, 6) is 0.855. The number of likely N-dealkylation sites (tertiary alicyclic amines) is 1. The molecule has 3 atom stereocenters. The molecule has 1 aromatic heterocycles. The molecular formula is C27H31FN5OPS. The Hall–Kier alpha value is -2.98. The van der Waals surface area contributed by atoms with Crippen LogP contribution in [0.2, 0.25) is 0 Å². The van der Waals surface area contributed by atoms with Gasteiger partial charge in [-0.3, -0.25) is 0 Å². The van der Waals surface area contributed by atoms with E-state index in [0.717, 1.165) is 57.7 Å². The summed E-state index contributed by atoms with van der Waals surface area (Å²) < 4.78 is 20.7. The van der Waals surface area contributed by atoms with Crippen LogP contribution in [0.3, 0.4) is 0 Å². The molecule has 0 spiro atoms. The highest BCUT2D eigenvalue weighted by Gasteiger charge is 2.32. The Morgan fingerprint density at radius 3 is 2.61 bits per heavy atom. The number of ether oxygens (including phenoxy) is 1. The summed E-state index contributed by atoms with van der Waals surface area (Å²) in [5, 5.41) is 22.5. The molecule has 1 fully saturated rings. The fourth-order valence-corrected chi connectivity index (χ4v) is 6.67. The van der Waals surface area contributed by atoms with Crippen molar-refractivity contribution in [2.45, 2.75) is 46.4 Å². The maximum atomic E-state index is 14.9. The fraction of sp³-hybridized carbons (Fsp3) is 0.333. The van der Waals surface area contributed by atoms with Gasteiger partial charge in [0.05, 0.1) is 35.2 Å². The van der Waals surface area contributed by atoms with Crippen LogP contribution in [0.5, 0.6) is 0 Å². The molecule has 2 aliphatic heterocycles. The molecule has 0 saturated carbocycles. The largest absolute Gasteiger partial charge is 0.389 e. The van der Waals surface area contributed by atoms with Crippen molar-refractivity contribution in [2.75, 3.05) is 17.6 Å². The first-order valence-corrected chi connectivity index (χ1v) is 13.2. The molecule has 3 heterocycles. The topological polar surface area (TPSA) is 98.2 Å². The van der Waals surface area contributed by atoms with Crippen molar-refractivity contribution in [1.29, 1.82) is 10.7 Å². The van der Waals surface area contributed by atoms with Crippen molar-refractivity contribution >= 4 is 54.2 Å². The Morgan fingerprint density at radius 1 is 1.33 bits per heavy atom. The van der Waals surface area contributed by atoms with Crippen LogP contribution in [0.15, 0.2) is 25.1 Å². The fourth-order valence-electron chi connectivity index (χ4n) is 5.08. The van der Waals surface area contributed by atoms with Gasteiger partial charge in [-0.1, -0.05) is 26.2 Å². The quantitative estimate of drug-likeness (QED) is 0.318. The summed E-state index contributed by atoms with van der Waals surface area (Å²) in [4.78, 5) is 2.52. The second-order valence-electron chi connectivity index (χ2n) is 9.22. The summed E-state index contributed by atoms with van der Waals surface area (Å²) >= 11 is 1.04. The molecule has 2 aliphatic rings. The number of anilines is 2. The molecule has 1 saturated heterocycles. The van der Waals surface area contributed by atoms with Gasteiger partial charge in [0.2, 0.25) is 0 Å². The summed E-state index contributed by atoms with van der Waals surface area (Å²) in [7, 11) is 2.75. The zero-order valence-electron chi connectivity index (χ0n) is 20.8. The van der Waals surface area contributed by atoms with Crippen molar-refractivity contribution in [3.8, 4) is 6.07 Å². The smallest absolute Gasteiger partial charge is 0.136 e. The van der Waals surface area contributed by atoms with E-state index in [0.29, 0.717) is 42.0 Å². The molecule has 6 nitrogen and oxygen atoms in total. The van der Waals surface area contributed by atoms with Crippen LogP contribution < -0.4 is 16.4 Å². The van der Waals surface area contributed by atoms with Crippen LogP contribution in [-0.2, 0) is 18.0 Å². The number of benzene rings is 1. The number of hydrogen-bond acceptors (Lipinski definition) is 7. The lowest BCUT2D eigenvalue weighted by Crippen LogP contribution is -2.32. The van der Waals surface area contributed by atoms with E-state index in [-0.39, 0.29) is 15.4 Å². The van der Waals surface area contributed by atoms with Gasteiger partial charge < -0.3 is 26.1 Å². The highest BCUT2D eigenvalue weighted by molar-refractivity contribution is 7.28. The molecule has 9 heteroatoms. The minimum atomic E-state index is -0.456. The highest BCUT2D eigenvalue weighted by Crippen LogP contribution is 2.44. The standard InChI is InChI=1S/C27H31FN5OPS/c1-6-21(28)26-23(18(10-30)27(31)36-26)14(3)22-20-12-34-11-19(20)17(9-29)24(25(22)35)32-16(5)33-8-7-13(2)15(33)4/h6,9,13,15,29,32H,3,5,7-8,11-12,31,35H2,1-2,4H3/b21-6+,29-9?. The lowest BCUT2D eigenvalue weighted by Gasteiger charge is -2.30. The second kappa shape index (κ2) is 10.2. The number of nitrogen functional groups attached to an aromatic ring is 1. The first-order valence-electron chi connectivity index (χ1n) is 11.8. The SMILES string of the molecule is C=C(c1c(/C(F)=C\C)sc(N)c1C#N)c1c(P)c(NC(=C)N2CCC(C)C2C)c(C=N)c2c1COC2. The van der Waals surface area contributed by atoms with Gasteiger partial charge in [0, 0.05) is 35.2 Å². The van der Waals surface area contributed by atoms with Crippen LogP contribution in [0.25, 0.3) is 11.4 Å². The van der Waals surface area contributed by atoms with Crippen molar-refractivity contribution < 1.29 is 9.13 Å². The zero-order chi connectivity index (χ0) is 26.3. The number of halogens is 1. The third kappa shape index (κ3) is 4.16. The summed E-state index contributed by atoms with van der Waals surface area (Å²) in [6, 6.07) is 2.48. The molecule has 0 aliphatic carbocycles. The van der Waals surface area contributed by atoms with E-state index < -0.39 is 5.83 Å². The van der Waals surface area contributed by atoms with E-state index in [9.17, 15) is 9.65 Å². The monoisotopic (exact) mass is 523 g/mol. The molecule has 1 aromatic carbocycles. The number of nitrogens with one attached hydrogen (secondary N) is 2. The van der Waals surface area contributed by atoms with Gasteiger partial charge in [0.15, 0.2) is 0 Å². The van der Waals surface area contributed by atoms with Gasteiger partial charge in [-0.15, -0.1) is 20.6 Å². The minimum Gasteiger partial charge on any atom is -0.389 e. The van der Waals surface area contributed by atoms with E-state index in [1.807, 2.05) is 0 Å². The van der Waals surface area contributed by atoms with E-state index in [1.165, 1.54) is 12.3 Å². The minimum absolute atomic E-state index is 0.212. The van der Waals surface area contributed by atoms with Crippen LogP contribution >= 0.6 is 20.6 Å². The van der Waals surface area contributed by atoms with Gasteiger partial charge in [0.1, 0.15) is 16.9 Å². The molecule has 4 N–H and O–H groups in total. The summed E-state index contributed by atoms with van der Waals surface area (Å²) in [5.41, 5.74) is 11.1. The molecule has 0 amide bonds. The molecule has 2 aromatic rings. The number of nitriles is 1. The number of allylic oxidation sites excluding steroid dienone is 1. The Morgan fingerprint density at radius 2 is 2.03 bits per heavy atom. The molecule has 0 radical (unpaired) electrons. The van der Waals surface area contributed by atoms with Gasteiger partial charge >= 0.3 is 0 Å². The highest BCUT2D eigenvalue weighted by atomic mass is 32.1. The van der Waals surface area contributed by atoms with Crippen molar-refractivity contribution in [3.05, 3.63) is 63.3 Å². The summed E-state index contributed by atoms with van der Waals surface area (Å²) in [6.45, 7) is 16.2. The van der Waals surface area contributed by atoms with E-state index >= 15 is 0 Å². The third-order valence-corrected chi connectivity index (χ3v) is 8.92. The Bertz CT molecular complexity index is 1360. The lowest BCUT2D eigenvalue weighted by molar-refractivity contribution is 0.134. The molecule has 3 unspecified atom stereocenters. The average Bonchev–Trinajstić information content (AvgIpc) is 3.56. The van der Waals surface area contributed by atoms with Crippen molar-refractivity contribution in [1.82, 2.24) is 4.90 Å². The van der Waals surface area contributed by atoms with Crippen molar-refractivity contribution in [2.24, 2.45) is 5.92 Å². The number of rotatable bonds is 7. The maximum absolute atomic E-state index is 14.9. The first-order chi connectivity index (χ1) is 17.2. The first kappa shape index (κ1) is 26.1. The van der Waals surface area contributed by atoms with Gasteiger partial charge in [-0.25, -0.2) is 4.39 Å². The van der Waals surface area contributed by atoms with Crippen LogP contribution in [0, 0.1) is 22.7 Å². The predicted molar refractivity (Wildman–Crippen MR) is 151 cm³/mol. The van der Waals surface area contributed by atoms with Crippen LogP contribution in [0.4, 0.5) is 15.1 Å². The number of nitrogens with zero attached hydrogens (tertiary/aromatic N) is 2. The van der Waals surface area contributed by atoms with E-state index in [2.05, 4.69) is 52.5 Å². The second-order valence-corrected chi connectivity index (χ2v) is 10.8. The van der Waals surface area contributed by atoms with Gasteiger partial charge in [-0.2, -0.15) is 5.26 Å². The molecule has 4 rings (SSSR count). The van der Waals surface area contributed by atoms with Crippen LogP contribution in [-0.4, -0.2) is 23.7 Å². The van der Waals surface area contributed by atoms with E-state index in [4.69, 9.17) is 15.9 Å². The average molecular weight is 524 g/mol. The Kier molecular flexibility index (Phi) is 7.38. The van der Waals surface area contributed by atoms with Gasteiger partial charge in [-0.05, 0) is 48.4 Å². The van der Waals surface area contributed by atoms with Gasteiger partial charge in [0.25, 0.3) is 0 Å². The zero-order valence-corrected chi connectivity index (χ0v) is 22.8. The number of hydrogen-bond donors (Lipinski definition) is 3. The predicted octanol–water partition coefficient (Wildman–Crippen LogP) is 5.74. The van der Waals surface area contributed by atoms with Crippen molar-refractivity contribution in [3.63, 3.8) is 0 Å². The van der Waals surface area contributed by atoms with Crippen LogP contribution in [0.1, 0.15) is 65.4 Å². The van der Waals surface area contributed by atoms with E-state index in [1.54, 1.807) is 6.92 Å². The molecular weight excluding hydrogens is 492 g/mol. The summed E-state index contributed by atoms with van der Waals surface area (Å²) in [6.07, 6.45) is 3.77. The molecule has 36 heavy (non-hydrogen) atoms. The number of thiophene rings is 1. The normalized spacial score (nSPS) is 19.2.